The van der Waals surface area contributed by atoms with Crippen LogP contribution in [0.2, 0.25) is 10.0 Å². The van der Waals surface area contributed by atoms with Crippen LogP contribution in [0.4, 0.5) is 5.69 Å². The van der Waals surface area contributed by atoms with Crippen molar-refractivity contribution < 1.29 is 4.42 Å². The number of halogens is 2. The van der Waals surface area contributed by atoms with Gasteiger partial charge in [0.15, 0.2) is 10.6 Å². The highest BCUT2D eigenvalue weighted by Gasteiger charge is 2.11. The van der Waals surface area contributed by atoms with Crippen molar-refractivity contribution in [1.29, 1.82) is 0 Å². The molecule has 0 amide bonds. The number of aromatic nitrogens is 2. The van der Waals surface area contributed by atoms with E-state index in [0.29, 0.717) is 10.0 Å². The summed E-state index contributed by atoms with van der Waals surface area (Å²) >= 11 is 13.7. The average Bonchev–Trinajstić information content (AvgIpc) is 3.34. The van der Waals surface area contributed by atoms with Gasteiger partial charge in [-0.25, -0.2) is 4.99 Å². The summed E-state index contributed by atoms with van der Waals surface area (Å²) in [6.07, 6.45) is 4.27. The van der Waals surface area contributed by atoms with Crippen LogP contribution in [-0.2, 0) is 13.0 Å². The number of hydrogen-bond acceptors (Lipinski definition) is 4. The van der Waals surface area contributed by atoms with Crippen LogP contribution >= 0.6 is 34.5 Å². The largest absolute Gasteiger partial charge is 0.463 e. The molecule has 7 heteroatoms. The Bertz CT molecular complexity index is 1100. The summed E-state index contributed by atoms with van der Waals surface area (Å²) < 4.78 is 7.74. The molecule has 1 aromatic carbocycles. The fraction of sp³-hybridized carbons (Fsp3) is 0.100. The first-order valence-electron chi connectivity index (χ1n) is 8.32. The van der Waals surface area contributed by atoms with Crippen molar-refractivity contribution in [3.63, 3.8) is 0 Å². The SMILES string of the molecule is Clc1ccc(N=c2scc(-c3ccco3)n2CCc2ccccn2)cc1Cl. The number of benzene rings is 1. The number of rotatable bonds is 5. The van der Waals surface area contributed by atoms with E-state index in [4.69, 9.17) is 32.6 Å². The number of aryl methyl sites for hydroxylation is 1. The van der Waals surface area contributed by atoms with E-state index >= 15 is 0 Å². The van der Waals surface area contributed by atoms with Gasteiger partial charge in [0.1, 0.15) is 0 Å². The smallest absolute Gasteiger partial charge is 0.190 e. The van der Waals surface area contributed by atoms with Gasteiger partial charge in [-0.05, 0) is 42.5 Å². The normalized spacial score (nSPS) is 11.9. The van der Waals surface area contributed by atoms with Gasteiger partial charge in [0.25, 0.3) is 0 Å². The van der Waals surface area contributed by atoms with Crippen molar-refractivity contribution in [2.24, 2.45) is 4.99 Å². The Morgan fingerprint density at radius 2 is 2.00 bits per heavy atom. The molecular formula is C20H15Cl2N3OS. The number of thiazole rings is 1. The molecule has 0 N–H and O–H groups in total. The van der Waals surface area contributed by atoms with Crippen LogP contribution in [0.15, 0.2) is 75.8 Å². The second-order valence-corrected chi connectivity index (χ2v) is 7.46. The topological polar surface area (TPSA) is 43.3 Å². The van der Waals surface area contributed by atoms with E-state index in [9.17, 15) is 0 Å². The van der Waals surface area contributed by atoms with E-state index in [2.05, 4.69) is 9.55 Å². The van der Waals surface area contributed by atoms with Crippen LogP contribution in [-0.4, -0.2) is 9.55 Å². The molecule has 0 aliphatic rings. The van der Waals surface area contributed by atoms with Gasteiger partial charge in [-0.2, -0.15) is 0 Å². The summed E-state index contributed by atoms with van der Waals surface area (Å²) in [5.41, 5.74) is 2.77. The van der Waals surface area contributed by atoms with E-state index < -0.39 is 0 Å². The van der Waals surface area contributed by atoms with Crippen molar-refractivity contribution in [3.8, 4) is 11.5 Å². The van der Waals surface area contributed by atoms with Gasteiger partial charge in [0, 0.05) is 30.2 Å². The molecule has 0 bridgehead atoms. The molecule has 0 atom stereocenters. The van der Waals surface area contributed by atoms with Gasteiger partial charge in [-0.15, -0.1) is 11.3 Å². The van der Waals surface area contributed by atoms with Crippen LogP contribution < -0.4 is 4.80 Å². The highest BCUT2D eigenvalue weighted by Crippen LogP contribution is 2.27. The molecule has 3 aromatic heterocycles. The summed E-state index contributed by atoms with van der Waals surface area (Å²) in [7, 11) is 0. The number of hydrogen-bond donors (Lipinski definition) is 0. The maximum Gasteiger partial charge on any atom is 0.190 e. The Labute approximate surface area is 170 Å². The van der Waals surface area contributed by atoms with E-state index in [0.717, 1.165) is 40.6 Å². The monoisotopic (exact) mass is 415 g/mol. The first-order valence-corrected chi connectivity index (χ1v) is 9.96. The molecule has 4 aromatic rings. The third kappa shape index (κ3) is 4.16. The van der Waals surface area contributed by atoms with Crippen molar-refractivity contribution in [1.82, 2.24) is 9.55 Å². The Balaban J connectivity index is 1.74. The molecule has 4 nitrogen and oxygen atoms in total. The van der Waals surface area contributed by atoms with Crippen molar-refractivity contribution in [3.05, 3.63) is 86.9 Å². The summed E-state index contributed by atoms with van der Waals surface area (Å²) in [6, 6.07) is 15.1. The predicted octanol–water partition coefficient (Wildman–Crippen LogP) is 5.99. The Hall–Kier alpha value is -2.34. The molecule has 3 heterocycles. The summed E-state index contributed by atoms with van der Waals surface area (Å²) in [5, 5.41) is 3.05. The van der Waals surface area contributed by atoms with Gasteiger partial charge >= 0.3 is 0 Å². The van der Waals surface area contributed by atoms with Crippen LogP contribution in [0, 0.1) is 0 Å². The van der Waals surface area contributed by atoms with Gasteiger partial charge < -0.3 is 8.98 Å². The Kier molecular flexibility index (Phi) is 5.43. The standard InChI is InChI=1S/C20H15Cl2N3OS/c21-16-7-6-15(12-17(16)22)24-20-25(10-8-14-4-1-2-9-23-14)18(13-27-20)19-5-3-11-26-19/h1-7,9,11-13H,8,10H2. The summed E-state index contributed by atoms with van der Waals surface area (Å²) in [5.74, 6) is 0.808. The maximum absolute atomic E-state index is 6.13. The molecular weight excluding hydrogens is 401 g/mol. The summed E-state index contributed by atoms with van der Waals surface area (Å²) in [4.78, 5) is 10.0. The molecule has 27 heavy (non-hydrogen) atoms. The Morgan fingerprint density at radius 1 is 1.07 bits per heavy atom. The molecule has 136 valence electrons. The lowest BCUT2D eigenvalue weighted by Gasteiger charge is -2.07. The minimum atomic E-state index is 0.487. The van der Waals surface area contributed by atoms with E-state index in [-0.39, 0.29) is 0 Å². The first kappa shape index (κ1) is 18.0. The summed E-state index contributed by atoms with van der Waals surface area (Å²) in [6.45, 7) is 0.733. The highest BCUT2D eigenvalue weighted by atomic mass is 35.5. The zero-order valence-corrected chi connectivity index (χ0v) is 16.5. The fourth-order valence-electron chi connectivity index (χ4n) is 2.69. The van der Waals surface area contributed by atoms with Crippen LogP contribution in [0.25, 0.3) is 11.5 Å². The molecule has 4 rings (SSSR count). The number of furan rings is 1. The lowest BCUT2D eigenvalue weighted by atomic mass is 10.2. The second-order valence-electron chi connectivity index (χ2n) is 5.81. The highest BCUT2D eigenvalue weighted by molar-refractivity contribution is 7.07. The van der Waals surface area contributed by atoms with E-state index in [1.54, 1.807) is 29.7 Å². The second kappa shape index (κ2) is 8.13. The zero-order chi connectivity index (χ0) is 18.6. The third-order valence-electron chi connectivity index (χ3n) is 4.02. The van der Waals surface area contributed by atoms with Crippen molar-refractivity contribution >= 4 is 40.2 Å². The lowest BCUT2D eigenvalue weighted by molar-refractivity contribution is 0.568. The minimum Gasteiger partial charge on any atom is -0.463 e. The fourth-order valence-corrected chi connectivity index (χ4v) is 3.92. The molecule has 0 aliphatic heterocycles. The minimum absolute atomic E-state index is 0.487. The molecule has 0 spiro atoms. The first-order chi connectivity index (χ1) is 13.2. The average molecular weight is 416 g/mol. The van der Waals surface area contributed by atoms with Gasteiger partial charge in [-0.1, -0.05) is 29.3 Å². The molecule has 0 saturated heterocycles. The van der Waals surface area contributed by atoms with E-state index in [1.807, 2.05) is 48.0 Å². The number of pyridine rings is 1. The van der Waals surface area contributed by atoms with Gasteiger partial charge in [0.2, 0.25) is 0 Å². The van der Waals surface area contributed by atoms with Gasteiger partial charge in [-0.3, -0.25) is 4.98 Å². The predicted molar refractivity (Wildman–Crippen MR) is 110 cm³/mol. The van der Waals surface area contributed by atoms with Crippen LogP contribution in [0.5, 0.6) is 0 Å². The zero-order valence-electron chi connectivity index (χ0n) is 14.2. The van der Waals surface area contributed by atoms with Crippen LogP contribution in [0.3, 0.4) is 0 Å². The third-order valence-corrected chi connectivity index (χ3v) is 5.62. The quantitative estimate of drug-likeness (QED) is 0.401. The van der Waals surface area contributed by atoms with Crippen molar-refractivity contribution in [2.45, 2.75) is 13.0 Å². The molecule has 0 radical (unpaired) electrons. The van der Waals surface area contributed by atoms with E-state index in [1.165, 1.54) is 0 Å². The van der Waals surface area contributed by atoms with Crippen molar-refractivity contribution in [2.75, 3.05) is 0 Å². The van der Waals surface area contributed by atoms with Gasteiger partial charge in [0.05, 0.1) is 27.7 Å². The molecule has 0 fully saturated rings. The lowest BCUT2D eigenvalue weighted by Crippen LogP contribution is -2.17. The Morgan fingerprint density at radius 3 is 2.74 bits per heavy atom. The maximum atomic E-state index is 6.13. The molecule has 0 saturated carbocycles. The molecule has 0 aliphatic carbocycles. The molecule has 0 unspecified atom stereocenters. The number of nitrogens with zero attached hydrogens (tertiary/aromatic N) is 3. The van der Waals surface area contributed by atoms with Crippen LogP contribution in [0.1, 0.15) is 5.69 Å².